The maximum atomic E-state index is 13.2. The minimum atomic E-state index is -1.11. The average Bonchev–Trinajstić information content (AvgIpc) is 3.36. The summed E-state index contributed by atoms with van der Waals surface area (Å²) in [6, 6.07) is 0. The molecule has 0 bridgehead atoms. The van der Waals surface area contributed by atoms with Gasteiger partial charge in [0.15, 0.2) is 0 Å². The topological polar surface area (TPSA) is 101 Å². The van der Waals surface area contributed by atoms with E-state index >= 15 is 0 Å². The van der Waals surface area contributed by atoms with Crippen LogP contribution in [0.3, 0.4) is 0 Å². The molecule has 32 heavy (non-hydrogen) atoms. The van der Waals surface area contributed by atoms with Crippen LogP contribution in [-0.4, -0.2) is 44.3 Å². The second kappa shape index (κ2) is 11.9. The molecule has 1 heterocycles. The van der Waals surface area contributed by atoms with Crippen LogP contribution in [0.25, 0.3) is 0 Å². The Bertz CT molecular complexity index is 796. The Kier molecular flexibility index (Phi) is 9.60. The van der Waals surface area contributed by atoms with Crippen molar-refractivity contribution in [1.29, 1.82) is 0 Å². The predicted octanol–water partition coefficient (Wildman–Crippen LogP) is 4.82. The molecular formula is C24H36O8. The van der Waals surface area contributed by atoms with Crippen LogP contribution < -0.4 is 4.74 Å². The van der Waals surface area contributed by atoms with Crippen LogP contribution in [-0.2, 0) is 24.4 Å². The molecule has 1 aromatic heterocycles. The van der Waals surface area contributed by atoms with Crippen molar-refractivity contribution in [2.75, 3.05) is 26.4 Å². The number of hydrogen-bond acceptors (Lipinski definition) is 8. The smallest absolute Gasteiger partial charge is 0.375 e. The molecule has 1 saturated carbocycles. The first-order valence-corrected chi connectivity index (χ1v) is 11.7. The first-order valence-electron chi connectivity index (χ1n) is 11.7. The molecule has 0 amide bonds. The standard InChI is InChI=1S/C24H36O8/c1-6-11-12-13-14-16-15-24(16,23(27)31-10-5)18-17(20(25)28-7-2)19(21(26)29-8-3)32-22(18)30-9-4/h16H,6-15H2,1-5H3/t16-,24+/m0/s1. The summed E-state index contributed by atoms with van der Waals surface area (Å²) in [7, 11) is 0. The van der Waals surface area contributed by atoms with Crippen molar-refractivity contribution in [3.8, 4) is 5.95 Å². The molecule has 8 heteroatoms. The molecule has 0 unspecified atom stereocenters. The Morgan fingerprint density at radius 2 is 1.53 bits per heavy atom. The summed E-state index contributed by atoms with van der Waals surface area (Å²) in [5.41, 5.74) is -0.957. The van der Waals surface area contributed by atoms with E-state index in [1.54, 1.807) is 27.7 Å². The third-order valence-electron chi connectivity index (χ3n) is 5.69. The quantitative estimate of drug-likeness (QED) is 0.225. The number of carbonyl (C=O) groups excluding carboxylic acids is 3. The molecule has 1 aliphatic rings. The Morgan fingerprint density at radius 1 is 0.875 bits per heavy atom. The maximum Gasteiger partial charge on any atom is 0.375 e. The lowest BCUT2D eigenvalue weighted by Gasteiger charge is -2.18. The summed E-state index contributed by atoms with van der Waals surface area (Å²) in [6.45, 7) is 9.58. The monoisotopic (exact) mass is 452 g/mol. The van der Waals surface area contributed by atoms with Gasteiger partial charge in [-0.3, -0.25) is 4.79 Å². The van der Waals surface area contributed by atoms with Crippen molar-refractivity contribution >= 4 is 17.9 Å². The molecule has 0 aliphatic heterocycles. The van der Waals surface area contributed by atoms with E-state index < -0.39 is 23.3 Å². The molecule has 1 aliphatic carbocycles. The first-order chi connectivity index (χ1) is 15.4. The SMILES string of the molecule is CCCCCC[C@H]1C[C@]1(C(=O)OCC)c1c(OCC)oc(C(=O)OCC)c1C(=O)OCC. The van der Waals surface area contributed by atoms with E-state index in [0.717, 1.165) is 32.1 Å². The zero-order chi connectivity index (χ0) is 23.7. The predicted molar refractivity (Wildman–Crippen MR) is 117 cm³/mol. The van der Waals surface area contributed by atoms with Gasteiger partial charge in [-0.15, -0.1) is 0 Å². The zero-order valence-corrected chi connectivity index (χ0v) is 19.9. The molecule has 0 radical (unpaired) electrons. The van der Waals surface area contributed by atoms with E-state index in [1.807, 2.05) is 0 Å². The fourth-order valence-electron chi connectivity index (χ4n) is 4.20. The van der Waals surface area contributed by atoms with Crippen LogP contribution in [0.15, 0.2) is 4.42 Å². The van der Waals surface area contributed by atoms with E-state index in [1.165, 1.54) is 0 Å². The molecule has 2 rings (SSSR count). The second-order valence-electron chi connectivity index (χ2n) is 7.78. The normalized spacial score (nSPS) is 19.3. The van der Waals surface area contributed by atoms with Crippen molar-refractivity contribution < 1.29 is 37.7 Å². The van der Waals surface area contributed by atoms with Gasteiger partial charge in [0, 0.05) is 0 Å². The largest absolute Gasteiger partial charge is 0.465 e. The van der Waals surface area contributed by atoms with Crippen LogP contribution in [0.4, 0.5) is 0 Å². The third kappa shape index (κ3) is 5.27. The van der Waals surface area contributed by atoms with E-state index in [4.69, 9.17) is 23.4 Å². The number of unbranched alkanes of at least 4 members (excludes halogenated alkanes) is 3. The molecule has 1 aromatic rings. The van der Waals surface area contributed by atoms with Gasteiger partial charge >= 0.3 is 17.9 Å². The number of hydrogen-bond donors (Lipinski definition) is 0. The summed E-state index contributed by atoms with van der Waals surface area (Å²) in [5.74, 6) is -2.36. The minimum absolute atomic E-state index is 0.0253. The summed E-state index contributed by atoms with van der Waals surface area (Å²) in [6.07, 6.45) is 5.55. The molecule has 0 spiro atoms. The number of ether oxygens (including phenoxy) is 4. The lowest BCUT2D eigenvalue weighted by Crippen LogP contribution is -2.29. The average molecular weight is 453 g/mol. The van der Waals surface area contributed by atoms with Crippen molar-refractivity contribution in [2.45, 2.75) is 78.6 Å². The van der Waals surface area contributed by atoms with Crippen LogP contribution in [0.2, 0.25) is 0 Å². The Balaban J connectivity index is 2.61. The molecule has 1 fully saturated rings. The molecule has 0 aromatic carbocycles. The highest BCUT2D eigenvalue weighted by atomic mass is 16.6. The van der Waals surface area contributed by atoms with Crippen molar-refractivity contribution in [3.05, 3.63) is 16.9 Å². The van der Waals surface area contributed by atoms with E-state index in [0.29, 0.717) is 6.42 Å². The highest BCUT2D eigenvalue weighted by Crippen LogP contribution is 2.61. The van der Waals surface area contributed by atoms with Crippen LogP contribution >= 0.6 is 0 Å². The summed E-state index contributed by atoms with van der Waals surface area (Å²) in [4.78, 5) is 38.8. The van der Waals surface area contributed by atoms with Gasteiger partial charge in [0.1, 0.15) is 11.0 Å². The fourth-order valence-corrected chi connectivity index (χ4v) is 4.20. The molecule has 180 valence electrons. The molecule has 0 N–H and O–H groups in total. The van der Waals surface area contributed by atoms with Gasteiger partial charge in [0.05, 0.1) is 32.0 Å². The number of carbonyl (C=O) groups is 3. The van der Waals surface area contributed by atoms with Crippen molar-refractivity contribution in [2.24, 2.45) is 5.92 Å². The van der Waals surface area contributed by atoms with Gasteiger partial charge in [-0.2, -0.15) is 0 Å². The Hall–Kier alpha value is -2.51. The molecule has 0 saturated heterocycles. The lowest BCUT2D eigenvalue weighted by atomic mass is 9.89. The lowest BCUT2D eigenvalue weighted by molar-refractivity contribution is -0.146. The fraction of sp³-hybridized carbons (Fsp3) is 0.708. The number of furan rings is 1. The summed E-state index contributed by atoms with van der Waals surface area (Å²) < 4.78 is 27.1. The van der Waals surface area contributed by atoms with Crippen LogP contribution in [0.1, 0.15) is 99.6 Å². The van der Waals surface area contributed by atoms with E-state index in [2.05, 4.69) is 6.92 Å². The van der Waals surface area contributed by atoms with E-state index in [-0.39, 0.29) is 55.2 Å². The maximum absolute atomic E-state index is 13.2. The Labute approximate surface area is 189 Å². The summed E-state index contributed by atoms with van der Waals surface area (Å²) in [5, 5.41) is 0. The van der Waals surface area contributed by atoms with Gasteiger partial charge in [0.25, 0.3) is 5.95 Å². The van der Waals surface area contributed by atoms with Crippen molar-refractivity contribution in [3.63, 3.8) is 0 Å². The zero-order valence-electron chi connectivity index (χ0n) is 19.9. The summed E-state index contributed by atoms with van der Waals surface area (Å²) >= 11 is 0. The number of rotatable bonds is 14. The Morgan fingerprint density at radius 3 is 2.12 bits per heavy atom. The molecular weight excluding hydrogens is 416 g/mol. The van der Waals surface area contributed by atoms with Gasteiger partial charge in [0.2, 0.25) is 5.76 Å². The first kappa shape index (κ1) is 25.7. The molecule has 2 atom stereocenters. The van der Waals surface area contributed by atoms with Crippen LogP contribution in [0.5, 0.6) is 5.95 Å². The van der Waals surface area contributed by atoms with Gasteiger partial charge in [-0.05, 0) is 46.5 Å². The second-order valence-corrected chi connectivity index (χ2v) is 7.78. The highest BCUT2D eigenvalue weighted by molar-refractivity contribution is 6.05. The third-order valence-corrected chi connectivity index (χ3v) is 5.69. The minimum Gasteiger partial charge on any atom is -0.465 e. The van der Waals surface area contributed by atoms with Crippen LogP contribution in [0, 0.1) is 5.92 Å². The van der Waals surface area contributed by atoms with Crippen molar-refractivity contribution in [1.82, 2.24) is 0 Å². The number of esters is 3. The van der Waals surface area contributed by atoms with Gasteiger partial charge < -0.3 is 23.4 Å². The highest BCUT2D eigenvalue weighted by Gasteiger charge is 2.66. The van der Waals surface area contributed by atoms with E-state index in [9.17, 15) is 14.4 Å². The van der Waals surface area contributed by atoms with Gasteiger partial charge in [-0.25, -0.2) is 9.59 Å². The molecule has 8 nitrogen and oxygen atoms in total. The van der Waals surface area contributed by atoms with Gasteiger partial charge in [-0.1, -0.05) is 32.6 Å².